The molecule has 0 unspecified atom stereocenters. The second kappa shape index (κ2) is 8.09. The van der Waals surface area contributed by atoms with Crippen molar-refractivity contribution < 1.29 is 41.7 Å². The van der Waals surface area contributed by atoms with Crippen molar-refractivity contribution in [3.63, 3.8) is 0 Å². The Hall–Kier alpha value is -2.75. The Labute approximate surface area is 146 Å². The fraction of sp³-hybridized carbons (Fsp3) is 0.375. The molecule has 0 saturated carbocycles. The van der Waals surface area contributed by atoms with Gasteiger partial charge in [-0.25, -0.2) is 9.59 Å². The average Bonchev–Trinajstić information content (AvgIpc) is 2.64. The standard InChI is InChI=1S/C16H16F3NO6/c1-23-14(21)10-7-25-9-20(13(10)15(22)24-2)11-5-3-4-6-12(11)26-8-16(17,18)19/h3-6H,7-9H2,1-2H3. The first kappa shape index (κ1) is 19.6. The van der Waals surface area contributed by atoms with E-state index in [1.165, 1.54) is 29.2 Å². The lowest BCUT2D eigenvalue weighted by Gasteiger charge is -2.32. The van der Waals surface area contributed by atoms with Crippen molar-refractivity contribution in [2.75, 3.05) is 39.1 Å². The van der Waals surface area contributed by atoms with Crippen LogP contribution < -0.4 is 9.64 Å². The van der Waals surface area contributed by atoms with Gasteiger partial charge in [0, 0.05) is 0 Å². The molecule has 0 amide bonds. The van der Waals surface area contributed by atoms with Gasteiger partial charge < -0.3 is 23.8 Å². The van der Waals surface area contributed by atoms with E-state index in [2.05, 4.69) is 4.74 Å². The second-order valence-electron chi connectivity index (χ2n) is 5.09. The van der Waals surface area contributed by atoms with E-state index in [0.29, 0.717) is 0 Å². The van der Waals surface area contributed by atoms with Gasteiger partial charge >= 0.3 is 18.1 Å². The Morgan fingerprint density at radius 1 is 1.15 bits per heavy atom. The third kappa shape index (κ3) is 4.45. The molecule has 0 atom stereocenters. The van der Waals surface area contributed by atoms with E-state index in [1.807, 2.05) is 0 Å². The molecule has 2 rings (SSSR count). The van der Waals surface area contributed by atoms with Gasteiger partial charge in [-0.3, -0.25) is 0 Å². The molecule has 142 valence electrons. The largest absolute Gasteiger partial charge is 0.482 e. The molecule has 0 aliphatic carbocycles. The van der Waals surface area contributed by atoms with Crippen molar-refractivity contribution in [1.82, 2.24) is 0 Å². The minimum absolute atomic E-state index is 0.109. The maximum absolute atomic E-state index is 12.5. The van der Waals surface area contributed by atoms with Crippen LogP contribution in [-0.2, 0) is 23.8 Å². The van der Waals surface area contributed by atoms with Gasteiger partial charge in [0.1, 0.15) is 18.2 Å². The number of esters is 2. The smallest absolute Gasteiger partial charge is 0.422 e. The molecular formula is C16H16F3NO6. The molecule has 10 heteroatoms. The van der Waals surface area contributed by atoms with E-state index in [-0.39, 0.29) is 36.0 Å². The number of carbonyl (C=O) groups is 2. The highest BCUT2D eigenvalue weighted by Crippen LogP contribution is 2.34. The predicted octanol–water partition coefficient (Wildman–Crippen LogP) is 2.02. The number of anilines is 1. The highest BCUT2D eigenvalue weighted by Gasteiger charge is 2.34. The molecule has 0 N–H and O–H groups in total. The van der Waals surface area contributed by atoms with Gasteiger partial charge in [0.15, 0.2) is 6.61 Å². The zero-order valence-electron chi connectivity index (χ0n) is 14.0. The van der Waals surface area contributed by atoms with Crippen molar-refractivity contribution in [2.24, 2.45) is 0 Å². The summed E-state index contributed by atoms with van der Waals surface area (Å²) in [7, 11) is 2.24. The fourth-order valence-corrected chi connectivity index (χ4v) is 2.30. The Morgan fingerprint density at radius 3 is 2.42 bits per heavy atom. The highest BCUT2D eigenvalue weighted by molar-refractivity contribution is 6.03. The lowest BCUT2D eigenvalue weighted by molar-refractivity contribution is -0.153. The van der Waals surface area contributed by atoms with Crippen molar-refractivity contribution >= 4 is 17.6 Å². The summed E-state index contributed by atoms with van der Waals surface area (Å²) in [4.78, 5) is 25.3. The van der Waals surface area contributed by atoms with E-state index in [1.54, 1.807) is 0 Å². The molecule has 0 bridgehead atoms. The molecule has 0 spiro atoms. The summed E-state index contributed by atoms with van der Waals surface area (Å²) in [6.45, 7) is -1.92. The van der Waals surface area contributed by atoms with Gasteiger partial charge in [0.05, 0.1) is 32.1 Å². The number of carbonyl (C=O) groups excluding carboxylic acids is 2. The number of halogens is 3. The van der Waals surface area contributed by atoms with Crippen molar-refractivity contribution in [1.29, 1.82) is 0 Å². The van der Waals surface area contributed by atoms with Crippen LogP contribution >= 0.6 is 0 Å². The van der Waals surface area contributed by atoms with Crippen LogP contribution in [0.1, 0.15) is 0 Å². The van der Waals surface area contributed by atoms with Gasteiger partial charge in [-0.05, 0) is 12.1 Å². The van der Waals surface area contributed by atoms with Crippen LogP contribution in [0, 0.1) is 0 Å². The molecule has 26 heavy (non-hydrogen) atoms. The Balaban J connectivity index is 2.48. The topological polar surface area (TPSA) is 74.3 Å². The number of methoxy groups -OCH3 is 2. The third-order valence-electron chi connectivity index (χ3n) is 3.38. The molecule has 7 nitrogen and oxygen atoms in total. The van der Waals surface area contributed by atoms with E-state index in [4.69, 9.17) is 14.2 Å². The molecule has 0 fully saturated rings. The van der Waals surface area contributed by atoms with E-state index in [9.17, 15) is 22.8 Å². The Morgan fingerprint density at radius 2 is 1.81 bits per heavy atom. The number of hydrogen-bond donors (Lipinski definition) is 0. The van der Waals surface area contributed by atoms with Crippen molar-refractivity contribution in [2.45, 2.75) is 6.18 Å². The number of para-hydroxylation sites is 2. The number of benzene rings is 1. The first-order valence-corrected chi connectivity index (χ1v) is 7.32. The zero-order chi connectivity index (χ0) is 19.3. The van der Waals surface area contributed by atoms with Crippen LogP contribution in [0.3, 0.4) is 0 Å². The normalized spacial score (nSPS) is 14.9. The molecule has 1 aliphatic heterocycles. The van der Waals surface area contributed by atoms with Crippen LogP contribution in [-0.4, -0.2) is 52.3 Å². The molecule has 1 aliphatic rings. The number of hydrogen-bond acceptors (Lipinski definition) is 7. The van der Waals surface area contributed by atoms with Gasteiger partial charge in [0.25, 0.3) is 0 Å². The molecule has 1 heterocycles. The molecule has 0 saturated heterocycles. The molecule has 1 aromatic carbocycles. The Kier molecular flexibility index (Phi) is 6.09. The average molecular weight is 375 g/mol. The number of ether oxygens (including phenoxy) is 4. The monoisotopic (exact) mass is 375 g/mol. The third-order valence-corrected chi connectivity index (χ3v) is 3.38. The minimum atomic E-state index is -4.54. The summed E-state index contributed by atoms with van der Waals surface area (Å²) in [5.74, 6) is -1.82. The fourth-order valence-electron chi connectivity index (χ4n) is 2.30. The van der Waals surface area contributed by atoms with Gasteiger partial charge in [-0.1, -0.05) is 12.1 Å². The van der Waals surface area contributed by atoms with Crippen LogP contribution in [0.25, 0.3) is 0 Å². The first-order chi connectivity index (χ1) is 12.3. The SMILES string of the molecule is COC(=O)C1=C(C(=O)OC)N(c2ccccc2OCC(F)(F)F)COC1. The number of alkyl halides is 3. The van der Waals surface area contributed by atoms with Gasteiger partial charge in [0.2, 0.25) is 0 Å². The predicted molar refractivity (Wildman–Crippen MR) is 82.3 cm³/mol. The van der Waals surface area contributed by atoms with Crippen molar-refractivity contribution in [3.8, 4) is 5.75 Å². The second-order valence-corrected chi connectivity index (χ2v) is 5.09. The van der Waals surface area contributed by atoms with E-state index in [0.717, 1.165) is 14.2 Å². The molecular weight excluding hydrogens is 359 g/mol. The summed E-state index contributed by atoms with van der Waals surface area (Å²) >= 11 is 0. The summed E-state index contributed by atoms with van der Waals surface area (Å²) < 4.78 is 56.9. The minimum Gasteiger partial charge on any atom is -0.482 e. The first-order valence-electron chi connectivity index (χ1n) is 7.32. The maximum Gasteiger partial charge on any atom is 0.422 e. The summed E-state index contributed by atoms with van der Waals surface area (Å²) in [5, 5.41) is 0. The zero-order valence-corrected chi connectivity index (χ0v) is 14.0. The molecule has 0 radical (unpaired) electrons. The highest BCUT2D eigenvalue weighted by atomic mass is 19.4. The quantitative estimate of drug-likeness (QED) is 0.729. The van der Waals surface area contributed by atoms with E-state index >= 15 is 0 Å². The summed E-state index contributed by atoms with van der Waals surface area (Å²) in [6, 6.07) is 5.75. The molecule has 0 aromatic heterocycles. The number of nitrogens with zero attached hydrogens (tertiary/aromatic N) is 1. The Bertz CT molecular complexity index is 716. The van der Waals surface area contributed by atoms with Crippen LogP contribution in [0.15, 0.2) is 35.5 Å². The summed E-state index contributed by atoms with van der Waals surface area (Å²) in [6.07, 6.45) is -4.54. The maximum atomic E-state index is 12.5. The van der Waals surface area contributed by atoms with Crippen LogP contribution in [0.5, 0.6) is 5.75 Å². The summed E-state index contributed by atoms with van der Waals surface area (Å²) in [5.41, 5.74) is -0.192. The lowest BCUT2D eigenvalue weighted by atomic mass is 10.1. The van der Waals surface area contributed by atoms with E-state index < -0.39 is 24.7 Å². The lowest BCUT2D eigenvalue weighted by Crippen LogP contribution is -2.39. The van der Waals surface area contributed by atoms with Crippen LogP contribution in [0.2, 0.25) is 0 Å². The van der Waals surface area contributed by atoms with Crippen molar-refractivity contribution in [3.05, 3.63) is 35.5 Å². The molecule has 1 aromatic rings. The number of rotatable bonds is 5. The van der Waals surface area contributed by atoms with Gasteiger partial charge in [-0.15, -0.1) is 0 Å². The van der Waals surface area contributed by atoms with Gasteiger partial charge in [-0.2, -0.15) is 13.2 Å². The van der Waals surface area contributed by atoms with Crippen LogP contribution in [0.4, 0.5) is 18.9 Å².